The van der Waals surface area contributed by atoms with E-state index in [1.54, 1.807) is 0 Å². The second kappa shape index (κ2) is 14.7. The Bertz CT molecular complexity index is 473. The van der Waals surface area contributed by atoms with Crippen molar-refractivity contribution in [2.45, 2.75) is 79.1 Å². The van der Waals surface area contributed by atoms with Crippen LogP contribution in [0.5, 0.6) is 0 Å². The summed E-state index contributed by atoms with van der Waals surface area (Å²) in [5, 5.41) is 0. The minimum Gasteiger partial charge on any atom is -0.324 e. The number of quaternary nitrogens is 1. The van der Waals surface area contributed by atoms with Gasteiger partial charge < -0.3 is 4.48 Å². The monoisotopic (exact) mass is 423 g/mol. The topological polar surface area (TPSA) is 80.3 Å². The lowest BCUT2D eigenvalue weighted by molar-refractivity contribution is -0.929. The van der Waals surface area contributed by atoms with Crippen LogP contribution < -0.4 is 4.13 Å². The van der Waals surface area contributed by atoms with Crippen molar-refractivity contribution in [3.05, 3.63) is 0 Å². The van der Waals surface area contributed by atoms with E-state index in [0.717, 1.165) is 0 Å². The number of nitrogens with one attached hydrogen (secondary N) is 1. The van der Waals surface area contributed by atoms with Crippen LogP contribution in [0.25, 0.3) is 0 Å². The first-order valence-corrected chi connectivity index (χ1v) is 12.2. The summed E-state index contributed by atoms with van der Waals surface area (Å²) in [4.78, 5) is 0. The van der Waals surface area contributed by atoms with Crippen molar-refractivity contribution in [2.75, 3.05) is 26.2 Å². The smallest absolute Gasteiger partial charge is 0.324 e. The maximum Gasteiger partial charge on any atom is 0.387 e. The molecule has 0 radical (unpaired) electrons. The van der Waals surface area contributed by atoms with Crippen molar-refractivity contribution >= 4 is 20.8 Å². The highest BCUT2D eigenvalue weighted by Crippen LogP contribution is 2.16. The van der Waals surface area contributed by atoms with Gasteiger partial charge in [-0.25, -0.2) is 0 Å². The highest BCUT2D eigenvalue weighted by Gasteiger charge is 2.24. The van der Waals surface area contributed by atoms with Gasteiger partial charge in [0.15, 0.2) is 0 Å². The first-order chi connectivity index (χ1) is 11.9. The summed E-state index contributed by atoms with van der Waals surface area (Å²) in [5.41, 5.74) is 0. The third-order valence-corrected chi connectivity index (χ3v) is 5.74. The van der Waals surface area contributed by atoms with Crippen molar-refractivity contribution in [2.24, 2.45) is 0 Å². The molecule has 0 aliphatic carbocycles. The van der Waals surface area contributed by atoms with Gasteiger partial charge >= 0.3 is 20.8 Å². The molecule has 0 aromatic carbocycles. The Balaban J connectivity index is 0. The number of nitrogens with zero attached hydrogens (tertiary/aromatic N) is 1. The van der Waals surface area contributed by atoms with E-state index in [0.29, 0.717) is 0 Å². The molecule has 0 aromatic rings. The standard InChI is InChI=1S/C16H36N.F2HNO4S2/c1-5-9-13-17(14-10-6-2,15-11-7-3)16-12-8-4;1-8(4,5)3-9(2,6)7/h5-16H2,1-4H3;3H/q+1;. The predicted octanol–water partition coefficient (Wildman–Crippen LogP) is 4.01. The van der Waals surface area contributed by atoms with Crippen LogP contribution in [0.1, 0.15) is 79.1 Å². The fraction of sp³-hybridized carbons (Fsp3) is 1.00. The van der Waals surface area contributed by atoms with Crippen molar-refractivity contribution < 1.29 is 29.1 Å². The molecule has 0 aromatic heterocycles. The number of hydrogen-bond donors (Lipinski definition) is 1. The summed E-state index contributed by atoms with van der Waals surface area (Å²) in [7, 11) is -11.0. The first-order valence-electron chi connectivity index (χ1n) is 9.48. The highest BCUT2D eigenvalue weighted by atomic mass is 32.3. The van der Waals surface area contributed by atoms with Gasteiger partial charge in [-0.3, -0.25) is 0 Å². The molecule has 0 saturated carbocycles. The minimum absolute atomic E-state index is 0.0694. The van der Waals surface area contributed by atoms with Crippen LogP contribution in [0, 0.1) is 0 Å². The van der Waals surface area contributed by atoms with Crippen LogP contribution in [-0.4, -0.2) is 47.5 Å². The van der Waals surface area contributed by atoms with Crippen LogP contribution in [0.15, 0.2) is 0 Å². The second-order valence-corrected chi connectivity index (χ2v) is 9.03. The van der Waals surface area contributed by atoms with Gasteiger partial charge in [-0.15, -0.1) is 0 Å². The van der Waals surface area contributed by atoms with E-state index in [2.05, 4.69) is 27.7 Å². The van der Waals surface area contributed by atoms with Crippen LogP contribution in [0.3, 0.4) is 0 Å². The lowest BCUT2D eigenvalue weighted by Gasteiger charge is -2.39. The molecule has 0 bridgehead atoms. The SMILES string of the molecule is CCCC[N+](CCCC)(CCCC)CCCC.O=S(=O)(F)NS(=O)(=O)F. The van der Waals surface area contributed by atoms with Crippen molar-refractivity contribution in [3.8, 4) is 0 Å². The van der Waals surface area contributed by atoms with E-state index >= 15 is 0 Å². The maximum atomic E-state index is 11.1. The normalized spacial score (nSPS) is 12.5. The molecule has 0 aliphatic rings. The van der Waals surface area contributed by atoms with Gasteiger partial charge in [0.1, 0.15) is 0 Å². The van der Waals surface area contributed by atoms with Gasteiger partial charge in [-0.2, -0.15) is 16.8 Å². The van der Waals surface area contributed by atoms with Crippen molar-refractivity contribution in [3.63, 3.8) is 0 Å². The zero-order chi connectivity index (χ0) is 20.7. The molecule has 0 spiro atoms. The molecule has 0 atom stereocenters. The molecule has 0 aliphatic heterocycles. The fourth-order valence-corrected chi connectivity index (χ4v) is 3.71. The van der Waals surface area contributed by atoms with Gasteiger partial charge in [0.2, 0.25) is 0 Å². The molecule has 1 N–H and O–H groups in total. The molecule has 0 amide bonds. The molecule has 26 heavy (non-hydrogen) atoms. The van der Waals surface area contributed by atoms with Crippen LogP contribution >= 0.6 is 0 Å². The Hall–Kier alpha value is -0.320. The van der Waals surface area contributed by atoms with Crippen LogP contribution in [-0.2, 0) is 20.8 Å². The fourth-order valence-electron chi connectivity index (χ4n) is 2.76. The van der Waals surface area contributed by atoms with Crippen molar-refractivity contribution in [1.29, 1.82) is 0 Å². The van der Waals surface area contributed by atoms with E-state index in [1.165, 1.54) is 82.0 Å². The first kappa shape index (κ1) is 27.9. The zero-order valence-corrected chi connectivity index (χ0v) is 18.3. The number of hydrogen-bond acceptors (Lipinski definition) is 4. The van der Waals surface area contributed by atoms with Gasteiger partial charge in [-0.05, 0) is 25.7 Å². The zero-order valence-electron chi connectivity index (χ0n) is 16.6. The molecule has 0 heterocycles. The highest BCUT2D eigenvalue weighted by molar-refractivity contribution is 7.99. The number of halogens is 2. The lowest BCUT2D eigenvalue weighted by Crippen LogP contribution is -2.50. The maximum absolute atomic E-state index is 11.1. The average Bonchev–Trinajstić information content (AvgIpc) is 2.50. The summed E-state index contributed by atoms with van der Waals surface area (Å²) >= 11 is 0. The quantitative estimate of drug-likeness (QED) is 0.338. The summed E-state index contributed by atoms with van der Waals surface area (Å²) in [5.74, 6) is 0. The predicted molar refractivity (Wildman–Crippen MR) is 103 cm³/mol. The largest absolute Gasteiger partial charge is 0.387 e. The Morgan fingerprint density at radius 3 is 0.962 bits per heavy atom. The molecule has 0 fully saturated rings. The van der Waals surface area contributed by atoms with Crippen LogP contribution in [0.4, 0.5) is 7.77 Å². The molecule has 0 unspecified atom stereocenters. The Morgan fingerprint density at radius 2 is 0.846 bits per heavy atom. The summed E-state index contributed by atoms with van der Waals surface area (Å²) in [6, 6.07) is 0. The molecule has 10 heteroatoms. The Labute approximate surface area is 159 Å². The Morgan fingerprint density at radius 1 is 0.615 bits per heavy atom. The molecule has 6 nitrogen and oxygen atoms in total. The van der Waals surface area contributed by atoms with Gasteiger partial charge in [-0.1, -0.05) is 65.3 Å². The third-order valence-electron chi connectivity index (χ3n) is 4.14. The van der Waals surface area contributed by atoms with E-state index in [-0.39, 0.29) is 4.13 Å². The summed E-state index contributed by atoms with van der Waals surface area (Å²) in [6.45, 7) is 15.0. The molecule has 0 rings (SSSR count). The summed E-state index contributed by atoms with van der Waals surface area (Å²) in [6.07, 6.45) is 11.1. The van der Waals surface area contributed by atoms with Gasteiger partial charge in [0.05, 0.1) is 26.2 Å². The number of unbranched alkanes of at least 4 members (excludes halogenated alkanes) is 4. The second-order valence-electron chi connectivity index (χ2n) is 6.61. The van der Waals surface area contributed by atoms with E-state index in [1.807, 2.05) is 0 Å². The summed E-state index contributed by atoms with van der Waals surface area (Å²) < 4.78 is 60.7. The van der Waals surface area contributed by atoms with E-state index in [9.17, 15) is 24.6 Å². The molecule has 160 valence electrons. The molecular formula is C16H37F2N2O4S2+. The third kappa shape index (κ3) is 18.5. The molecule has 0 saturated heterocycles. The van der Waals surface area contributed by atoms with Crippen LogP contribution in [0.2, 0.25) is 0 Å². The average molecular weight is 424 g/mol. The van der Waals surface area contributed by atoms with Gasteiger partial charge in [0, 0.05) is 0 Å². The van der Waals surface area contributed by atoms with E-state index < -0.39 is 20.8 Å². The lowest BCUT2D eigenvalue weighted by atomic mass is 10.1. The number of rotatable bonds is 14. The van der Waals surface area contributed by atoms with E-state index in [4.69, 9.17) is 0 Å². The van der Waals surface area contributed by atoms with Crippen molar-refractivity contribution in [1.82, 2.24) is 4.13 Å². The van der Waals surface area contributed by atoms with Gasteiger partial charge in [0.25, 0.3) is 0 Å². The Kier molecular flexibility index (Phi) is 15.8. The minimum atomic E-state index is -5.49. The molecular weight excluding hydrogens is 386 g/mol.